The molecule has 1 atom stereocenters. The SMILES string of the molecule is COC(=O)c1cccc2c1OCCN2c1ncc(COC2CCCCO2)cc1Cl. The Hall–Kier alpha value is -2.35. The van der Waals surface area contributed by atoms with E-state index in [1.807, 2.05) is 17.0 Å². The van der Waals surface area contributed by atoms with E-state index in [1.165, 1.54) is 7.11 Å². The van der Waals surface area contributed by atoms with Gasteiger partial charge in [-0.3, -0.25) is 0 Å². The third kappa shape index (κ3) is 4.32. The number of para-hydroxylation sites is 1. The first kappa shape index (κ1) is 19.9. The van der Waals surface area contributed by atoms with Gasteiger partial charge in [0, 0.05) is 12.8 Å². The number of carbonyl (C=O) groups excluding carboxylic acids is 1. The van der Waals surface area contributed by atoms with Crippen LogP contribution < -0.4 is 9.64 Å². The molecule has 1 aromatic heterocycles. The minimum Gasteiger partial charge on any atom is -0.489 e. The predicted molar refractivity (Wildman–Crippen MR) is 108 cm³/mol. The van der Waals surface area contributed by atoms with Gasteiger partial charge in [-0.25, -0.2) is 9.78 Å². The highest BCUT2D eigenvalue weighted by Gasteiger charge is 2.27. The maximum Gasteiger partial charge on any atom is 0.341 e. The zero-order valence-corrected chi connectivity index (χ0v) is 17.0. The van der Waals surface area contributed by atoms with Gasteiger partial charge in [0.1, 0.15) is 12.2 Å². The second-order valence-corrected chi connectivity index (χ2v) is 7.31. The normalized spacial score (nSPS) is 18.7. The van der Waals surface area contributed by atoms with Gasteiger partial charge in [0.15, 0.2) is 17.9 Å². The van der Waals surface area contributed by atoms with Gasteiger partial charge in [0.2, 0.25) is 0 Å². The molecule has 2 aliphatic heterocycles. The van der Waals surface area contributed by atoms with Crippen LogP contribution in [0.5, 0.6) is 5.75 Å². The average molecular weight is 419 g/mol. The second kappa shape index (κ2) is 8.98. The number of esters is 1. The Morgan fingerprint density at radius 2 is 2.24 bits per heavy atom. The van der Waals surface area contributed by atoms with Crippen molar-refractivity contribution in [1.82, 2.24) is 4.98 Å². The number of carbonyl (C=O) groups is 1. The molecule has 0 radical (unpaired) electrons. The van der Waals surface area contributed by atoms with Crippen LogP contribution in [-0.2, 0) is 20.8 Å². The van der Waals surface area contributed by atoms with Gasteiger partial charge >= 0.3 is 5.97 Å². The minimum atomic E-state index is -0.444. The number of fused-ring (bicyclic) bond motifs is 1. The van der Waals surface area contributed by atoms with Crippen molar-refractivity contribution in [2.75, 3.05) is 31.8 Å². The third-order valence-electron chi connectivity index (χ3n) is 4.96. The molecule has 0 amide bonds. The number of ether oxygens (including phenoxy) is 4. The van der Waals surface area contributed by atoms with E-state index in [2.05, 4.69) is 4.98 Å². The van der Waals surface area contributed by atoms with E-state index in [4.69, 9.17) is 30.5 Å². The van der Waals surface area contributed by atoms with Crippen molar-refractivity contribution in [1.29, 1.82) is 0 Å². The number of aromatic nitrogens is 1. The van der Waals surface area contributed by atoms with Gasteiger partial charge < -0.3 is 23.8 Å². The molecule has 1 unspecified atom stereocenters. The van der Waals surface area contributed by atoms with Crippen LogP contribution in [-0.4, -0.2) is 44.1 Å². The quantitative estimate of drug-likeness (QED) is 0.677. The topological polar surface area (TPSA) is 70.1 Å². The summed E-state index contributed by atoms with van der Waals surface area (Å²) in [4.78, 5) is 18.6. The summed E-state index contributed by atoms with van der Waals surface area (Å²) in [5.74, 6) is 0.640. The fourth-order valence-corrected chi connectivity index (χ4v) is 3.81. The molecule has 2 aromatic rings. The zero-order chi connectivity index (χ0) is 20.2. The molecule has 8 heteroatoms. The van der Waals surface area contributed by atoms with Crippen molar-refractivity contribution in [3.05, 3.63) is 46.6 Å². The molecule has 4 rings (SSSR count). The standard InChI is InChI=1S/C21H23ClN2O5/c1-26-21(25)15-5-4-6-17-19(15)28-10-8-24(17)20-16(22)11-14(12-23-20)13-29-18-7-2-3-9-27-18/h4-6,11-12,18H,2-3,7-10,13H2,1H3. The first-order valence-corrected chi connectivity index (χ1v) is 10.0. The van der Waals surface area contributed by atoms with E-state index < -0.39 is 5.97 Å². The highest BCUT2D eigenvalue weighted by atomic mass is 35.5. The molecule has 154 valence electrons. The van der Waals surface area contributed by atoms with Crippen molar-refractivity contribution in [2.45, 2.75) is 32.2 Å². The Kier molecular flexibility index (Phi) is 6.18. The number of hydrogen-bond donors (Lipinski definition) is 0. The number of pyridine rings is 1. The van der Waals surface area contributed by atoms with E-state index >= 15 is 0 Å². The van der Waals surface area contributed by atoms with E-state index in [-0.39, 0.29) is 6.29 Å². The fourth-order valence-electron chi connectivity index (χ4n) is 3.52. The van der Waals surface area contributed by atoms with E-state index in [9.17, 15) is 4.79 Å². The predicted octanol–water partition coefficient (Wildman–Crippen LogP) is 4.10. The van der Waals surface area contributed by atoms with Crippen LogP contribution in [0.4, 0.5) is 11.5 Å². The van der Waals surface area contributed by atoms with Crippen molar-refractivity contribution in [3.63, 3.8) is 0 Å². The lowest BCUT2D eigenvalue weighted by molar-refractivity contribution is -0.168. The number of anilines is 2. The molecule has 2 aliphatic rings. The summed E-state index contributed by atoms with van der Waals surface area (Å²) in [6, 6.07) is 7.19. The van der Waals surface area contributed by atoms with Crippen molar-refractivity contribution in [2.24, 2.45) is 0 Å². The van der Waals surface area contributed by atoms with Gasteiger partial charge in [0.05, 0.1) is 31.0 Å². The Morgan fingerprint density at radius 1 is 1.34 bits per heavy atom. The van der Waals surface area contributed by atoms with Crippen LogP contribution in [0.2, 0.25) is 5.02 Å². The molecule has 3 heterocycles. The van der Waals surface area contributed by atoms with E-state index in [1.54, 1.807) is 18.3 Å². The van der Waals surface area contributed by atoms with E-state index in [0.29, 0.717) is 41.9 Å². The average Bonchev–Trinajstić information content (AvgIpc) is 2.77. The molecule has 1 saturated heterocycles. The summed E-state index contributed by atoms with van der Waals surface area (Å²) < 4.78 is 22.0. The van der Waals surface area contributed by atoms with Crippen LogP contribution in [0, 0.1) is 0 Å². The van der Waals surface area contributed by atoms with Crippen molar-refractivity contribution in [3.8, 4) is 5.75 Å². The first-order valence-electron chi connectivity index (χ1n) is 9.66. The number of hydrogen-bond acceptors (Lipinski definition) is 7. The maximum atomic E-state index is 12.1. The number of benzene rings is 1. The van der Waals surface area contributed by atoms with E-state index in [0.717, 1.165) is 37.1 Å². The smallest absolute Gasteiger partial charge is 0.341 e. The van der Waals surface area contributed by atoms with Crippen LogP contribution >= 0.6 is 11.6 Å². The molecule has 0 spiro atoms. The zero-order valence-electron chi connectivity index (χ0n) is 16.2. The Bertz CT molecular complexity index is 885. The molecule has 7 nitrogen and oxygen atoms in total. The fraction of sp³-hybridized carbons (Fsp3) is 0.429. The third-order valence-corrected chi connectivity index (χ3v) is 5.24. The van der Waals surface area contributed by atoms with Crippen LogP contribution in [0.1, 0.15) is 35.2 Å². The van der Waals surface area contributed by atoms with Gasteiger partial charge in [-0.05, 0) is 43.0 Å². The molecule has 0 aliphatic carbocycles. The largest absolute Gasteiger partial charge is 0.489 e. The molecule has 0 N–H and O–H groups in total. The number of rotatable bonds is 5. The lowest BCUT2D eigenvalue weighted by Gasteiger charge is -2.31. The summed E-state index contributed by atoms with van der Waals surface area (Å²) in [5.41, 5.74) is 1.99. The molecule has 0 saturated carbocycles. The van der Waals surface area contributed by atoms with Gasteiger partial charge in [-0.15, -0.1) is 0 Å². The summed E-state index contributed by atoms with van der Waals surface area (Å²) in [7, 11) is 1.35. The Balaban J connectivity index is 1.54. The highest BCUT2D eigenvalue weighted by Crippen LogP contribution is 2.40. The first-order chi connectivity index (χ1) is 14.2. The lowest BCUT2D eigenvalue weighted by atomic mass is 10.1. The summed E-state index contributed by atoms with van der Waals surface area (Å²) in [5, 5.41) is 0.506. The van der Waals surface area contributed by atoms with Gasteiger partial charge in [-0.1, -0.05) is 17.7 Å². The maximum absolute atomic E-state index is 12.1. The molecule has 1 aromatic carbocycles. The monoisotopic (exact) mass is 418 g/mol. The van der Waals surface area contributed by atoms with Crippen LogP contribution in [0.3, 0.4) is 0 Å². The van der Waals surface area contributed by atoms with Crippen molar-refractivity contribution < 1.29 is 23.7 Å². The second-order valence-electron chi connectivity index (χ2n) is 6.90. The molecule has 0 bridgehead atoms. The summed E-state index contributed by atoms with van der Waals surface area (Å²) >= 11 is 6.56. The number of nitrogens with zero attached hydrogens (tertiary/aromatic N) is 2. The van der Waals surface area contributed by atoms with Crippen molar-refractivity contribution >= 4 is 29.1 Å². The lowest BCUT2D eigenvalue weighted by Crippen LogP contribution is -2.30. The number of methoxy groups -OCH3 is 1. The molecular formula is C21H23ClN2O5. The summed E-state index contributed by atoms with van der Waals surface area (Å²) in [6.07, 6.45) is 4.70. The Morgan fingerprint density at radius 3 is 3.00 bits per heavy atom. The highest BCUT2D eigenvalue weighted by molar-refractivity contribution is 6.33. The number of halogens is 1. The van der Waals surface area contributed by atoms with Gasteiger partial charge in [-0.2, -0.15) is 0 Å². The van der Waals surface area contributed by atoms with Crippen LogP contribution in [0.25, 0.3) is 0 Å². The summed E-state index contributed by atoms with van der Waals surface area (Å²) in [6.45, 7) is 2.11. The van der Waals surface area contributed by atoms with Gasteiger partial charge in [0.25, 0.3) is 0 Å². The molecule has 1 fully saturated rings. The molecular weight excluding hydrogens is 396 g/mol. The molecule has 29 heavy (non-hydrogen) atoms. The minimum absolute atomic E-state index is 0.162. The Labute approximate surface area is 174 Å². The van der Waals surface area contributed by atoms with Crippen LogP contribution in [0.15, 0.2) is 30.5 Å².